The van der Waals surface area contributed by atoms with E-state index >= 15 is 0 Å². The smallest absolute Gasteiger partial charge is 0.261 e. The summed E-state index contributed by atoms with van der Waals surface area (Å²) >= 11 is 0. The third-order valence-corrected chi connectivity index (χ3v) is 3.61. The number of phenolic OH excluding ortho intramolecular Hbond substituents is 1. The molecule has 8 heteroatoms. The number of nitrogens with zero attached hydrogens (tertiary/aromatic N) is 1. The molecule has 0 saturated heterocycles. The number of hydrogen-bond acceptors (Lipinski definition) is 6. The number of unbranched alkanes of at least 4 members (excludes halogenated alkanes) is 4. The molecule has 2 N–H and O–H groups in total. The quantitative estimate of drug-likeness (QED) is 0.389. The summed E-state index contributed by atoms with van der Waals surface area (Å²) in [7, 11) is 0.382. The van der Waals surface area contributed by atoms with E-state index in [0.29, 0.717) is 31.0 Å². The summed E-state index contributed by atoms with van der Waals surface area (Å²) in [5.74, 6) is 1.19. The highest BCUT2D eigenvalue weighted by atomic mass is 32.2. The lowest BCUT2D eigenvalue weighted by atomic mass is 10.1. The van der Waals surface area contributed by atoms with Crippen molar-refractivity contribution in [2.75, 3.05) is 33.6 Å². The zero-order valence-electron chi connectivity index (χ0n) is 17.9. The van der Waals surface area contributed by atoms with Crippen molar-refractivity contribution in [3.8, 4) is 17.2 Å². The van der Waals surface area contributed by atoms with E-state index in [-0.39, 0.29) is 5.75 Å². The maximum atomic E-state index is 10.4. The third kappa shape index (κ3) is 14.5. The summed E-state index contributed by atoms with van der Waals surface area (Å²) in [6.45, 7) is 6.37. The lowest BCUT2D eigenvalue weighted by Gasteiger charge is -2.16. The Labute approximate surface area is 170 Å². The fraction of sp³-hybridized carbons (Fsp3) is 0.700. The molecule has 1 aromatic rings. The van der Waals surface area contributed by atoms with Crippen molar-refractivity contribution in [2.24, 2.45) is 0 Å². The van der Waals surface area contributed by atoms with Crippen molar-refractivity contribution >= 4 is 10.1 Å². The first-order valence-electron chi connectivity index (χ1n) is 9.77. The average Bonchev–Trinajstić information content (AvgIpc) is 2.57. The van der Waals surface area contributed by atoms with Crippen LogP contribution < -0.4 is 9.47 Å². The summed E-state index contributed by atoms with van der Waals surface area (Å²) in [4.78, 5) is 2.09. The van der Waals surface area contributed by atoms with Gasteiger partial charge in [0.2, 0.25) is 5.75 Å². The molecule has 1 aromatic carbocycles. The normalized spacial score (nSPS) is 11.1. The van der Waals surface area contributed by atoms with E-state index in [9.17, 15) is 13.5 Å². The summed E-state index contributed by atoms with van der Waals surface area (Å²) in [5.41, 5.74) is 1.09. The molecule has 7 nitrogen and oxygen atoms in total. The van der Waals surface area contributed by atoms with Gasteiger partial charge in [0.05, 0.1) is 19.5 Å². The van der Waals surface area contributed by atoms with Crippen molar-refractivity contribution in [3.63, 3.8) is 0 Å². The Morgan fingerprint density at radius 2 is 1.32 bits per heavy atom. The molecule has 0 atom stereocenters. The Kier molecular flexibility index (Phi) is 13.7. The summed E-state index contributed by atoms with van der Waals surface area (Å²) in [6.07, 6.45) is 7.30. The van der Waals surface area contributed by atoms with Crippen LogP contribution in [0.15, 0.2) is 12.1 Å². The van der Waals surface area contributed by atoms with E-state index in [2.05, 4.69) is 18.7 Å². The minimum absolute atomic E-state index is 0.125. The molecule has 0 amide bonds. The largest absolute Gasteiger partial charge is 0.502 e. The minimum atomic E-state index is -3.67. The topological polar surface area (TPSA) is 96.3 Å². The number of phenols is 1. The Morgan fingerprint density at radius 1 is 0.929 bits per heavy atom. The lowest BCUT2D eigenvalue weighted by Crippen LogP contribution is -2.11. The van der Waals surface area contributed by atoms with Crippen LogP contribution in [-0.4, -0.2) is 56.5 Å². The Balaban J connectivity index is 0.00000129. The fourth-order valence-electron chi connectivity index (χ4n) is 2.38. The van der Waals surface area contributed by atoms with Gasteiger partial charge in [-0.15, -0.1) is 0 Å². The van der Waals surface area contributed by atoms with Gasteiger partial charge in [-0.1, -0.05) is 39.5 Å². The molecule has 0 aromatic heterocycles. The summed E-state index contributed by atoms with van der Waals surface area (Å²) < 4.78 is 37.4. The first-order valence-corrected chi connectivity index (χ1v) is 11.6. The Bertz CT molecular complexity index is 605. The Morgan fingerprint density at radius 3 is 1.64 bits per heavy atom. The molecule has 0 saturated carbocycles. The molecule has 0 bridgehead atoms. The summed E-state index contributed by atoms with van der Waals surface area (Å²) in [6, 6.07) is 3.83. The van der Waals surface area contributed by atoms with Crippen LogP contribution in [-0.2, 0) is 16.7 Å². The van der Waals surface area contributed by atoms with E-state index < -0.39 is 10.1 Å². The van der Waals surface area contributed by atoms with E-state index in [0.717, 1.165) is 50.6 Å². The highest BCUT2D eigenvalue weighted by molar-refractivity contribution is 7.85. The molecule has 28 heavy (non-hydrogen) atoms. The van der Waals surface area contributed by atoms with Crippen LogP contribution in [0.4, 0.5) is 0 Å². The number of rotatable bonds is 12. The van der Waals surface area contributed by atoms with Crippen molar-refractivity contribution in [1.29, 1.82) is 0 Å². The number of hydrogen-bond donors (Lipinski definition) is 2. The Hall–Kier alpha value is -1.51. The van der Waals surface area contributed by atoms with Crippen LogP contribution in [0.2, 0.25) is 0 Å². The maximum Gasteiger partial charge on any atom is 0.261 e. The van der Waals surface area contributed by atoms with Gasteiger partial charge in [-0.05, 0) is 44.6 Å². The maximum absolute atomic E-state index is 10.4. The van der Waals surface area contributed by atoms with E-state index in [1.165, 1.54) is 0 Å². The third-order valence-electron chi connectivity index (χ3n) is 3.61. The molecule has 0 aliphatic carbocycles. The van der Waals surface area contributed by atoms with Crippen molar-refractivity contribution < 1.29 is 27.6 Å². The van der Waals surface area contributed by atoms with Gasteiger partial charge >= 0.3 is 0 Å². The highest BCUT2D eigenvalue weighted by Gasteiger charge is 2.13. The zero-order chi connectivity index (χ0) is 21.6. The van der Waals surface area contributed by atoms with E-state index in [1.54, 1.807) is 0 Å². The zero-order valence-corrected chi connectivity index (χ0v) is 18.7. The highest BCUT2D eigenvalue weighted by Crippen LogP contribution is 2.38. The van der Waals surface area contributed by atoms with Crippen LogP contribution in [0.5, 0.6) is 17.2 Å². The molecular formula is C20H37NO6S. The van der Waals surface area contributed by atoms with Crippen LogP contribution in [0.3, 0.4) is 0 Å². The van der Waals surface area contributed by atoms with Crippen molar-refractivity contribution in [1.82, 2.24) is 4.90 Å². The predicted octanol–water partition coefficient (Wildman–Crippen LogP) is 4.10. The number of ether oxygens (including phenoxy) is 2. The minimum Gasteiger partial charge on any atom is -0.502 e. The second-order valence-electron chi connectivity index (χ2n) is 7.02. The average molecular weight is 420 g/mol. The van der Waals surface area contributed by atoms with Crippen molar-refractivity contribution in [2.45, 2.75) is 58.9 Å². The molecule has 0 unspecified atom stereocenters. The van der Waals surface area contributed by atoms with E-state index in [4.69, 9.17) is 14.0 Å². The molecule has 0 heterocycles. The van der Waals surface area contributed by atoms with Gasteiger partial charge < -0.3 is 19.5 Å². The predicted molar refractivity (Wildman–Crippen MR) is 113 cm³/mol. The molecule has 164 valence electrons. The standard InChI is InChI=1S/C19H33NO3.CH4O3S/c1-5-7-9-11-22-17-13-16(15-20(3)4)14-18(19(17)21)23-12-10-8-6-2;1-5(2,3)4/h13-14,21H,5-12,15H2,1-4H3;1H3,(H,2,3,4). The molecule has 0 aliphatic rings. The first-order chi connectivity index (χ1) is 13.1. The van der Waals surface area contributed by atoms with Gasteiger partial charge in [0, 0.05) is 6.54 Å². The molecule has 0 aliphatic heterocycles. The van der Waals surface area contributed by atoms with Gasteiger partial charge in [-0.3, -0.25) is 4.55 Å². The lowest BCUT2D eigenvalue weighted by molar-refractivity contribution is 0.264. The second kappa shape index (κ2) is 14.5. The van der Waals surface area contributed by atoms with Crippen LogP contribution >= 0.6 is 0 Å². The van der Waals surface area contributed by atoms with Gasteiger partial charge in [-0.2, -0.15) is 8.42 Å². The van der Waals surface area contributed by atoms with Crippen molar-refractivity contribution in [3.05, 3.63) is 17.7 Å². The van der Waals surface area contributed by atoms with Crippen LogP contribution in [0, 0.1) is 0 Å². The van der Waals surface area contributed by atoms with Gasteiger partial charge in [0.1, 0.15) is 0 Å². The molecule has 0 fully saturated rings. The van der Waals surface area contributed by atoms with Gasteiger partial charge in [-0.25, -0.2) is 0 Å². The molecule has 1 rings (SSSR count). The second-order valence-corrected chi connectivity index (χ2v) is 8.49. The fourth-order valence-corrected chi connectivity index (χ4v) is 2.38. The molecule has 0 spiro atoms. The van der Waals surface area contributed by atoms with Gasteiger partial charge in [0.15, 0.2) is 11.5 Å². The van der Waals surface area contributed by atoms with Gasteiger partial charge in [0.25, 0.3) is 10.1 Å². The molecular weight excluding hydrogens is 382 g/mol. The van der Waals surface area contributed by atoms with Crippen LogP contribution in [0.1, 0.15) is 57.9 Å². The van der Waals surface area contributed by atoms with Crippen LogP contribution in [0.25, 0.3) is 0 Å². The summed E-state index contributed by atoms with van der Waals surface area (Å²) in [5, 5.41) is 10.4. The monoisotopic (exact) mass is 419 g/mol. The first kappa shape index (κ1) is 26.5. The number of aromatic hydroxyl groups is 1. The molecule has 0 radical (unpaired) electrons. The van der Waals surface area contributed by atoms with E-state index in [1.807, 2.05) is 26.2 Å². The number of benzene rings is 1. The SMILES string of the molecule is CCCCCOc1cc(CN(C)C)cc(OCCCCC)c1O.CS(=O)(=O)O.